The van der Waals surface area contributed by atoms with E-state index < -0.39 is 0 Å². The summed E-state index contributed by atoms with van der Waals surface area (Å²) in [4.78, 5) is 22.7. The third-order valence-corrected chi connectivity index (χ3v) is 5.76. The van der Waals surface area contributed by atoms with Gasteiger partial charge in [-0.05, 0) is 54.8 Å². The maximum Gasteiger partial charge on any atom is 0.273 e. The topological polar surface area (TPSA) is 103 Å². The van der Waals surface area contributed by atoms with Crippen molar-refractivity contribution in [1.82, 2.24) is 29.5 Å². The first-order valence-corrected chi connectivity index (χ1v) is 11.1. The second kappa shape index (κ2) is 8.67. The first-order chi connectivity index (χ1) is 16.0. The second-order valence-corrected chi connectivity index (χ2v) is 8.23. The van der Waals surface area contributed by atoms with Crippen molar-refractivity contribution in [1.29, 1.82) is 0 Å². The van der Waals surface area contributed by atoms with Crippen LogP contribution in [0.2, 0.25) is 0 Å². The second-order valence-electron chi connectivity index (χ2n) is 7.28. The Bertz CT molecular complexity index is 1390. The summed E-state index contributed by atoms with van der Waals surface area (Å²) in [7, 11) is 1.76. The summed E-state index contributed by atoms with van der Waals surface area (Å²) in [5.74, 6) is 1.74. The van der Waals surface area contributed by atoms with Crippen molar-refractivity contribution in [3.63, 3.8) is 0 Å². The van der Waals surface area contributed by atoms with Gasteiger partial charge >= 0.3 is 0 Å². The van der Waals surface area contributed by atoms with Crippen LogP contribution in [0.25, 0.3) is 16.4 Å². The molecule has 0 aliphatic rings. The first-order valence-electron chi connectivity index (χ1n) is 10.2. The van der Waals surface area contributed by atoms with Crippen molar-refractivity contribution in [2.24, 2.45) is 7.05 Å². The molecule has 4 aromatic heterocycles. The number of aromatic nitrogens is 6. The van der Waals surface area contributed by atoms with E-state index in [1.165, 1.54) is 0 Å². The predicted octanol–water partition coefficient (Wildman–Crippen LogP) is 4.43. The van der Waals surface area contributed by atoms with Crippen LogP contribution < -0.4 is 10.6 Å². The molecule has 9 nitrogen and oxygen atoms in total. The molecule has 5 aromatic rings. The third-order valence-electron chi connectivity index (χ3n) is 4.86. The Labute approximate surface area is 193 Å². The molecule has 4 heterocycles. The summed E-state index contributed by atoms with van der Waals surface area (Å²) in [6, 6.07) is 16.8. The number of nitrogens with one attached hydrogen (secondary N) is 2. The van der Waals surface area contributed by atoms with Crippen molar-refractivity contribution in [3.8, 4) is 16.4 Å². The van der Waals surface area contributed by atoms with Crippen molar-refractivity contribution in [3.05, 3.63) is 83.9 Å². The normalized spacial score (nSPS) is 10.8. The summed E-state index contributed by atoms with van der Waals surface area (Å²) >= 11 is 1.59. The number of nitrogens with zero attached hydrogens (tertiary/aromatic N) is 6. The number of aryl methyl sites for hydroxylation is 2. The Balaban J connectivity index is 1.28. The van der Waals surface area contributed by atoms with Gasteiger partial charge in [0.2, 0.25) is 0 Å². The quantitative estimate of drug-likeness (QED) is 0.392. The monoisotopic (exact) mass is 456 g/mol. The number of carbonyl (C=O) groups excluding carboxylic acids is 1. The fraction of sp³-hybridized carbons (Fsp3) is 0.0870. The lowest BCUT2D eigenvalue weighted by atomic mass is 10.2. The van der Waals surface area contributed by atoms with E-state index in [4.69, 9.17) is 0 Å². The highest BCUT2D eigenvalue weighted by Crippen LogP contribution is 2.25. The van der Waals surface area contributed by atoms with Gasteiger partial charge in [0.25, 0.3) is 5.91 Å². The van der Waals surface area contributed by atoms with Crippen LogP contribution in [0.1, 0.15) is 16.3 Å². The number of amides is 1. The average Bonchev–Trinajstić information content (AvgIpc) is 3.56. The largest absolute Gasteiger partial charge is 0.340 e. The van der Waals surface area contributed by atoms with Crippen molar-refractivity contribution < 1.29 is 4.79 Å². The molecule has 0 aliphatic carbocycles. The highest BCUT2D eigenvalue weighted by atomic mass is 32.1. The molecule has 164 valence electrons. The summed E-state index contributed by atoms with van der Waals surface area (Å²) < 4.78 is 3.27. The molecular weight excluding hydrogens is 436 g/mol. The highest BCUT2D eigenvalue weighted by molar-refractivity contribution is 7.13. The standard InChI is InChI=1S/C23H20N8OS/c1-15-25-21(14-22(26-15)31-11-4-10-24-31)27-16-6-8-17(9-7-16)28-23(32)19-13-18(29-30(19)2)20-5-3-12-33-20/h3-14H,1-2H3,(H,28,32)(H,25,26,27). The Kier molecular flexibility index (Phi) is 5.41. The van der Waals surface area contributed by atoms with Gasteiger partial charge in [-0.15, -0.1) is 11.3 Å². The Hall–Kier alpha value is -4.31. The molecule has 33 heavy (non-hydrogen) atoms. The molecular formula is C23H20N8OS. The SMILES string of the molecule is Cc1nc(Nc2ccc(NC(=O)c3cc(-c4cccs4)nn3C)cc2)cc(-n2cccn2)n1. The predicted molar refractivity (Wildman–Crippen MR) is 128 cm³/mol. The molecule has 0 saturated carbocycles. The van der Waals surface area contributed by atoms with Crippen LogP contribution in [-0.2, 0) is 7.05 Å². The minimum Gasteiger partial charge on any atom is -0.340 e. The van der Waals surface area contributed by atoms with Crippen LogP contribution >= 0.6 is 11.3 Å². The van der Waals surface area contributed by atoms with E-state index in [1.54, 1.807) is 40.0 Å². The lowest BCUT2D eigenvalue weighted by Gasteiger charge is -2.10. The molecule has 0 aliphatic heterocycles. The molecule has 0 atom stereocenters. The van der Waals surface area contributed by atoms with Crippen molar-refractivity contribution >= 4 is 34.4 Å². The van der Waals surface area contributed by atoms with Gasteiger partial charge in [0.05, 0.1) is 4.88 Å². The van der Waals surface area contributed by atoms with Gasteiger partial charge in [0.1, 0.15) is 23.0 Å². The Morgan fingerprint density at radius 3 is 2.58 bits per heavy atom. The molecule has 1 amide bonds. The molecule has 0 bridgehead atoms. The molecule has 1 aromatic carbocycles. The lowest BCUT2D eigenvalue weighted by molar-refractivity contribution is 0.101. The third kappa shape index (κ3) is 4.51. The number of thiophene rings is 1. The van der Waals surface area contributed by atoms with Crippen LogP contribution in [-0.4, -0.2) is 35.4 Å². The molecule has 0 radical (unpaired) electrons. The average molecular weight is 457 g/mol. The molecule has 0 saturated heterocycles. The van der Waals surface area contributed by atoms with Gasteiger partial charge in [-0.3, -0.25) is 9.48 Å². The van der Waals surface area contributed by atoms with E-state index in [0.717, 1.165) is 16.3 Å². The minimum atomic E-state index is -0.219. The number of anilines is 3. The van der Waals surface area contributed by atoms with Gasteiger partial charge in [-0.25, -0.2) is 14.6 Å². The zero-order valence-corrected chi connectivity index (χ0v) is 18.7. The maximum atomic E-state index is 12.8. The minimum absolute atomic E-state index is 0.219. The summed E-state index contributed by atoms with van der Waals surface area (Å²) in [5, 5.41) is 16.8. The van der Waals surface area contributed by atoms with Crippen LogP contribution in [0.4, 0.5) is 17.2 Å². The molecule has 10 heteroatoms. The number of benzene rings is 1. The van der Waals surface area contributed by atoms with Gasteiger partial charge in [-0.2, -0.15) is 10.2 Å². The molecule has 2 N–H and O–H groups in total. The zero-order chi connectivity index (χ0) is 22.8. The van der Waals surface area contributed by atoms with Gasteiger partial charge < -0.3 is 10.6 Å². The van der Waals surface area contributed by atoms with Crippen LogP contribution in [0.3, 0.4) is 0 Å². The molecule has 5 rings (SSSR count). The number of hydrogen-bond donors (Lipinski definition) is 2. The number of hydrogen-bond acceptors (Lipinski definition) is 7. The van der Waals surface area contributed by atoms with E-state index >= 15 is 0 Å². The van der Waals surface area contributed by atoms with Crippen molar-refractivity contribution in [2.75, 3.05) is 10.6 Å². The van der Waals surface area contributed by atoms with E-state index in [2.05, 4.69) is 30.8 Å². The van der Waals surface area contributed by atoms with E-state index in [9.17, 15) is 4.79 Å². The van der Waals surface area contributed by atoms with Crippen molar-refractivity contribution in [2.45, 2.75) is 6.92 Å². The van der Waals surface area contributed by atoms with E-state index in [0.29, 0.717) is 28.8 Å². The summed E-state index contributed by atoms with van der Waals surface area (Å²) in [6.45, 7) is 1.83. The fourth-order valence-corrected chi connectivity index (χ4v) is 4.02. The number of carbonyl (C=O) groups is 1. The van der Waals surface area contributed by atoms with Crippen LogP contribution in [0.15, 0.2) is 72.4 Å². The first kappa shape index (κ1) is 20.6. The Morgan fingerprint density at radius 2 is 1.85 bits per heavy atom. The number of rotatable bonds is 6. The van der Waals surface area contributed by atoms with E-state index in [-0.39, 0.29) is 5.91 Å². The van der Waals surface area contributed by atoms with Crippen LogP contribution in [0, 0.1) is 6.92 Å². The van der Waals surface area contributed by atoms with Gasteiger partial charge in [0.15, 0.2) is 5.82 Å². The lowest BCUT2D eigenvalue weighted by Crippen LogP contribution is -2.16. The van der Waals surface area contributed by atoms with E-state index in [1.807, 2.05) is 67.0 Å². The van der Waals surface area contributed by atoms with Gasteiger partial charge in [0, 0.05) is 36.9 Å². The van der Waals surface area contributed by atoms with Gasteiger partial charge in [-0.1, -0.05) is 6.07 Å². The molecule has 0 fully saturated rings. The zero-order valence-electron chi connectivity index (χ0n) is 17.9. The summed E-state index contributed by atoms with van der Waals surface area (Å²) in [5.41, 5.74) is 2.79. The smallest absolute Gasteiger partial charge is 0.273 e. The highest BCUT2D eigenvalue weighted by Gasteiger charge is 2.15. The maximum absolute atomic E-state index is 12.8. The molecule has 0 spiro atoms. The molecule has 0 unspecified atom stereocenters. The van der Waals surface area contributed by atoms with Crippen LogP contribution in [0.5, 0.6) is 0 Å². The Morgan fingerprint density at radius 1 is 1.03 bits per heavy atom. The fourth-order valence-electron chi connectivity index (χ4n) is 3.34. The summed E-state index contributed by atoms with van der Waals surface area (Å²) in [6.07, 6.45) is 3.53.